The van der Waals surface area contributed by atoms with Crippen molar-refractivity contribution in [3.05, 3.63) is 75.5 Å². The molecule has 0 aliphatic carbocycles. The zero-order valence-electron chi connectivity index (χ0n) is 13.5. The molecule has 3 aromatic rings. The molecule has 0 aliphatic rings. The minimum atomic E-state index is 0.775. The van der Waals surface area contributed by atoms with Gasteiger partial charge in [0.1, 0.15) is 0 Å². The highest BCUT2D eigenvalue weighted by molar-refractivity contribution is 9.10. The van der Waals surface area contributed by atoms with Crippen LogP contribution in [0.4, 0.5) is 0 Å². The molecule has 0 aliphatic heterocycles. The second kappa shape index (κ2) is 7.77. The molecule has 0 atom stereocenters. The summed E-state index contributed by atoms with van der Waals surface area (Å²) in [5, 5.41) is 13.7. The average molecular weight is 401 g/mol. The van der Waals surface area contributed by atoms with E-state index in [-0.39, 0.29) is 0 Å². The fourth-order valence-corrected chi connectivity index (χ4v) is 3.32. The molecule has 0 saturated heterocycles. The van der Waals surface area contributed by atoms with Crippen molar-refractivity contribution in [3.63, 3.8) is 0 Å². The summed E-state index contributed by atoms with van der Waals surface area (Å²) in [4.78, 5) is 0. The van der Waals surface area contributed by atoms with E-state index in [9.17, 15) is 0 Å². The van der Waals surface area contributed by atoms with Crippen LogP contribution in [0, 0.1) is 13.8 Å². The second-order valence-corrected chi connectivity index (χ2v) is 7.27. The summed E-state index contributed by atoms with van der Waals surface area (Å²) in [6.45, 7) is 3.98. The smallest absolute Gasteiger partial charge is 0.192 e. The van der Waals surface area contributed by atoms with Crippen molar-refractivity contribution in [2.75, 3.05) is 0 Å². The van der Waals surface area contributed by atoms with Crippen LogP contribution in [0.25, 0.3) is 0 Å². The summed E-state index contributed by atoms with van der Waals surface area (Å²) in [7, 11) is 0. The van der Waals surface area contributed by atoms with Gasteiger partial charge in [-0.15, -0.1) is 10.2 Å². The van der Waals surface area contributed by atoms with Crippen LogP contribution in [-0.2, 0) is 5.75 Å². The SMILES string of the molecule is Cc1cccc(/C=N\n2c(C)nnc2SCc2ccc(Br)cc2)c1. The maximum atomic E-state index is 4.54. The predicted molar refractivity (Wildman–Crippen MR) is 103 cm³/mol. The number of nitrogens with zero attached hydrogens (tertiary/aromatic N) is 4. The summed E-state index contributed by atoms with van der Waals surface area (Å²) in [5.41, 5.74) is 3.51. The first kappa shape index (κ1) is 16.9. The Morgan fingerprint density at radius 1 is 1.12 bits per heavy atom. The molecule has 6 heteroatoms. The maximum Gasteiger partial charge on any atom is 0.212 e. The Hall–Kier alpha value is -1.92. The van der Waals surface area contributed by atoms with Gasteiger partial charge in [0.15, 0.2) is 5.82 Å². The molecule has 0 N–H and O–H groups in total. The van der Waals surface area contributed by atoms with Crippen LogP contribution in [0.5, 0.6) is 0 Å². The number of hydrogen-bond acceptors (Lipinski definition) is 4. The van der Waals surface area contributed by atoms with Gasteiger partial charge in [0.05, 0.1) is 6.21 Å². The molecule has 3 rings (SSSR count). The largest absolute Gasteiger partial charge is 0.212 e. The van der Waals surface area contributed by atoms with Crippen LogP contribution < -0.4 is 0 Å². The van der Waals surface area contributed by atoms with Gasteiger partial charge in [0, 0.05) is 10.2 Å². The van der Waals surface area contributed by atoms with E-state index in [1.807, 2.05) is 37.4 Å². The average Bonchev–Trinajstić information content (AvgIpc) is 2.92. The van der Waals surface area contributed by atoms with Crippen molar-refractivity contribution in [3.8, 4) is 0 Å². The Balaban J connectivity index is 1.74. The summed E-state index contributed by atoms with van der Waals surface area (Å²) in [6, 6.07) is 16.5. The number of aryl methyl sites for hydroxylation is 2. The van der Waals surface area contributed by atoms with Gasteiger partial charge >= 0.3 is 0 Å². The highest BCUT2D eigenvalue weighted by Crippen LogP contribution is 2.22. The molecule has 122 valence electrons. The van der Waals surface area contributed by atoms with Crippen molar-refractivity contribution >= 4 is 33.9 Å². The Morgan fingerprint density at radius 2 is 1.92 bits per heavy atom. The number of benzene rings is 2. The first-order valence-corrected chi connectivity index (χ1v) is 9.30. The van der Waals surface area contributed by atoms with E-state index in [0.29, 0.717) is 0 Å². The van der Waals surface area contributed by atoms with Gasteiger partial charge in [-0.25, -0.2) is 0 Å². The first-order chi connectivity index (χ1) is 11.6. The monoisotopic (exact) mass is 400 g/mol. The molecular weight excluding hydrogens is 384 g/mol. The highest BCUT2D eigenvalue weighted by atomic mass is 79.9. The number of halogens is 1. The first-order valence-electron chi connectivity index (χ1n) is 7.52. The normalized spacial score (nSPS) is 11.3. The molecule has 0 radical (unpaired) electrons. The van der Waals surface area contributed by atoms with Gasteiger partial charge in [-0.3, -0.25) is 0 Å². The van der Waals surface area contributed by atoms with E-state index >= 15 is 0 Å². The number of thioether (sulfide) groups is 1. The third kappa shape index (κ3) is 4.33. The lowest BCUT2D eigenvalue weighted by Gasteiger charge is -2.03. The lowest BCUT2D eigenvalue weighted by molar-refractivity contribution is 0.744. The second-order valence-electron chi connectivity index (χ2n) is 5.42. The predicted octanol–water partition coefficient (Wildman–Crippen LogP) is 4.83. The third-order valence-electron chi connectivity index (χ3n) is 3.41. The van der Waals surface area contributed by atoms with Gasteiger partial charge in [0.2, 0.25) is 5.16 Å². The minimum Gasteiger partial charge on any atom is -0.192 e. The van der Waals surface area contributed by atoms with Crippen LogP contribution in [0.1, 0.15) is 22.5 Å². The van der Waals surface area contributed by atoms with E-state index in [2.05, 4.69) is 62.4 Å². The van der Waals surface area contributed by atoms with Crippen molar-refractivity contribution < 1.29 is 0 Å². The van der Waals surface area contributed by atoms with Gasteiger partial charge < -0.3 is 0 Å². The quantitative estimate of drug-likeness (QED) is 0.454. The lowest BCUT2D eigenvalue weighted by Crippen LogP contribution is -1.96. The fourth-order valence-electron chi connectivity index (χ4n) is 2.16. The topological polar surface area (TPSA) is 43.1 Å². The molecule has 1 aromatic heterocycles. The molecule has 0 saturated carbocycles. The van der Waals surface area contributed by atoms with E-state index in [1.165, 1.54) is 11.1 Å². The van der Waals surface area contributed by atoms with Gasteiger partial charge in [0.25, 0.3) is 0 Å². The molecule has 4 nitrogen and oxygen atoms in total. The number of aromatic nitrogens is 3. The Labute approximate surface area is 154 Å². The van der Waals surface area contributed by atoms with Crippen LogP contribution in [-0.4, -0.2) is 21.1 Å². The Kier molecular flexibility index (Phi) is 5.48. The molecule has 0 unspecified atom stereocenters. The van der Waals surface area contributed by atoms with Crippen molar-refractivity contribution in [1.29, 1.82) is 0 Å². The summed E-state index contributed by atoms with van der Waals surface area (Å²) in [5.74, 6) is 1.60. The molecule has 0 bridgehead atoms. The fraction of sp³-hybridized carbons (Fsp3) is 0.167. The van der Waals surface area contributed by atoms with Crippen LogP contribution >= 0.6 is 27.7 Å². The zero-order valence-corrected chi connectivity index (χ0v) is 15.9. The van der Waals surface area contributed by atoms with Crippen LogP contribution in [0.15, 0.2) is 63.3 Å². The van der Waals surface area contributed by atoms with E-state index in [4.69, 9.17) is 0 Å². The van der Waals surface area contributed by atoms with Gasteiger partial charge in [-0.2, -0.15) is 9.78 Å². The Bertz CT molecular complexity index is 856. The maximum absolute atomic E-state index is 4.54. The van der Waals surface area contributed by atoms with Crippen molar-refractivity contribution in [2.45, 2.75) is 24.8 Å². The minimum absolute atomic E-state index is 0.775. The van der Waals surface area contributed by atoms with Crippen LogP contribution in [0.2, 0.25) is 0 Å². The van der Waals surface area contributed by atoms with Gasteiger partial charge in [-0.1, -0.05) is 69.7 Å². The van der Waals surface area contributed by atoms with E-state index < -0.39 is 0 Å². The zero-order chi connectivity index (χ0) is 16.9. The third-order valence-corrected chi connectivity index (χ3v) is 4.93. The molecule has 0 fully saturated rings. The summed E-state index contributed by atoms with van der Waals surface area (Å²) >= 11 is 5.08. The standard InChI is InChI=1S/C18H17BrN4S/c1-13-4-3-5-16(10-13)11-20-23-14(2)21-22-18(23)24-12-15-6-8-17(19)9-7-15/h3-11H,12H2,1-2H3/b20-11-. The molecule has 0 amide bonds. The molecular formula is C18H17BrN4S. The van der Waals surface area contributed by atoms with E-state index in [1.54, 1.807) is 16.4 Å². The molecule has 24 heavy (non-hydrogen) atoms. The van der Waals surface area contributed by atoms with Crippen molar-refractivity contribution in [1.82, 2.24) is 14.9 Å². The van der Waals surface area contributed by atoms with Crippen LogP contribution in [0.3, 0.4) is 0 Å². The molecule has 1 heterocycles. The van der Waals surface area contributed by atoms with Gasteiger partial charge in [-0.05, 0) is 37.1 Å². The summed E-state index contributed by atoms with van der Waals surface area (Å²) in [6.07, 6.45) is 1.84. The lowest BCUT2D eigenvalue weighted by atomic mass is 10.2. The number of hydrogen-bond donors (Lipinski definition) is 0. The molecule has 0 spiro atoms. The highest BCUT2D eigenvalue weighted by Gasteiger charge is 2.08. The van der Waals surface area contributed by atoms with E-state index in [0.717, 1.165) is 26.8 Å². The number of rotatable bonds is 5. The Morgan fingerprint density at radius 3 is 2.67 bits per heavy atom. The molecule has 2 aromatic carbocycles. The van der Waals surface area contributed by atoms with Crippen molar-refractivity contribution in [2.24, 2.45) is 5.10 Å². The summed E-state index contributed by atoms with van der Waals surface area (Å²) < 4.78 is 2.87.